The third-order valence-corrected chi connectivity index (χ3v) is 7.13. The second kappa shape index (κ2) is 10.8. The molecule has 3 aliphatic heterocycles. The first kappa shape index (κ1) is 25.6. The Balaban J connectivity index is 1.24. The summed E-state index contributed by atoms with van der Waals surface area (Å²) in [6.07, 6.45) is 2.95. The fraction of sp³-hybridized carbons (Fsp3) is 0.407. The lowest BCUT2D eigenvalue weighted by Gasteiger charge is -2.35. The van der Waals surface area contributed by atoms with E-state index < -0.39 is 18.6 Å². The van der Waals surface area contributed by atoms with Gasteiger partial charge in [-0.2, -0.15) is 8.78 Å². The number of hydrogen-bond donors (Lipinski definition) is 1. The van der Waals surface area contributed by atoms with Crippen molar-refractivity contribution in [1.82, 2.24) is 15.1 Å². The van der Waals surface area contributed by atoms with Crippen LogP contribution in [0.5, 0.6) is 11.5 Å². The van der Waals surface area contributed by atoms with Crippen LogP contribution in [0.2, 0.25) is 0 Å². The van der Waals surface area contributed by atoms with E-state index in [0.29, 0.717) is 17.9 Å². The van der Waals surface area contributed by atoms with Crippen molar-refractivity contribution in [1.29, 1.82) is 0 Å². The van der Waals surface area contributed by atoms with Crippen LogP contribution in [-0.2, 0) is 16.1 Å². The molecule has 2 aromatic rings. The highest BCUT2D eigenvalue weighted by Gasteiger charge is 2.39. The molecule has 0 bridgehead atoms. The van der Waals surface area contributed by atoms with Gasteiger partial charge in [0.05, 0.1) is 6.04 Å². The summed E-state index contributed by atoms with van der Waals surface area (Å²) < 4.78 is 35.7. The minimum absolute atomic E-state index is 0.0744. The lowest BCUT2D eigenvalue weighted by atomic mass is 10.0. The van der Waals surface area contributed by atoms with Gasteiger partial charge < -0.3 is 19.3 Å². The number of carbonyl (C=O) groups excluding carboxylic acids is 4. The minimum Gasteiger partial charge on any atom is -0.491 e. The molecule has 200 valence electrons. The average Bonchev–Trinajstić information content (AvgIpc) is 3.22. The Labute approximate surface area is 217 Å². The predicted molar refractivity (Wildman–Crippen MR) is 130 cm³/mol. The zero-order chi connectivity index (χ0) is 26.8. The van der Waals surface area contributed by atoms with Crippen molar-refractivity contribution in [3.63, 3.8) is 0 Å². The van der Waals surface area contributed by atoms with Crippen LogP contribution in [0.15, 0.2) is 42.5 Å². The molecule has 0 aliphatic carbocycles. The molecule has 0 radical (unpaired) electrons. The van der Waals surface area contributed by atoms with Crippen molar-refractivity contribution in [3.05, 3.63) is 59.2 Å². The zero-order valence-corrected chi connectivity index (χ0v) is 20.5. The third-order valence-electron chi connectivity index (χ3n) is 7.13. The van der Waals surface area contributed by atoms with Crippen LogP contribution in [0.3, 0.4) is 0 Å². The summed E-state index contributed by atoms with van der Waals surface area (Å²) in [6.45, 7) is -1.99. The van der Waals surface area contributed by atoms with Crippen molar-refractivity contribution >= 4 is 23.6 Å². The summed E-state index contributed by atoms with van der Waals surface area (Å²) in [5.41, 5.74) is 1.48. The number of imide groups is 1. The number of ether oxygens (including phenoxy) is 2. The van der Waals surface area contributed by atoms with E-state index in [1.807, 2.05) is 0 Å². The number of nitrogens with zero attached hydrogens (tertiary/aromatic N) is 2. The monoisotopic (exact) mass is 527 g/mol. The van der Waals surface area contributed by atoms with E-state index >= 15 is 0 Å². The van der Waals surface area contributed by atoms with Gasteiger partial charge in [0, 0.05) is 30.6 Å². The fourth-order valence-electron chi connectivity index (χ4n) is 5.25. The van der Waals surface area contributed by atoms with Gasteiger partial charge in [-0.05, 0) is 67.6 Å². The van der Waals surface area contributed by atoms with Gasteiger partial charge >= 0.3 is 6.61 Å². The number of alkyl halides is 2. The largest absolute Gasteiger partial charge is 0.491 e. The fourth-order valence-corrected chi connectivity index (χ4v) is 5.25. The second-order valence-corrected chi connectivity index (χ2v) is 9.58. The molecule has 1 N–H and O–H groups in total. The number of rotatable bonds is 7. The average molecular weight is 528 g/mol. The lowest BCUT2D eigenvalue weighted by Crippen LogP contribution is -2.52. The number of nitrogens with one attached hydrogen (secondary N) is 1. The van der Waals surface area contributed by atoms with E-state index in [2.05, 4.69) is 10.1 Å². The molecule has 0 saturated carbocycles. The first-order valence-corrected chi connectivity index (χ1v) is 12.6. The second-order valence-electron chi connectivity index (χ2n) is 9.58. The number of amides is 4. The minimum atomic E-state index is -2.98. The zero-order valence-electron chi connectivity index (χ0n) is 20.5. The maximum Gasteiger partial charge on any atom is 0.387 e. The Hall–Kier alpha value is -4.02. The Bertz CT molecular complexity index is 1270. The summed E-state index contributed by atoms with van der Waals surface area (Å²) in [6, 6.07) is 9.96. The van der Waals surface area contributed by atoms with Gasteiger partial charge in [0.2, 0.25) is 11.8 Å². The molecule has 2 atom stereocenters. The van der Waals surface area contributed by atoms with Gasteiger partial charge in [-0.25, -0.2) is 0 Å². The van der Waals surface area contributed by atoms with Crippen molar-refractivity contribution in [2.75, 3.05) is 13.2 Å². The number of piperidine rings is 2. The molecule has 2 unspecified atom stereocenters. The Morgan fingerprint density at radius 1 is 1.05 bits per heavy atom. The molecule has 0 aromatic heterocycles. The predicted octanol–water partition coefficient (Wildman–Crippen LogP) is 3.12. The highest BCUT2D eigenvalue weighted by atomic mass is 19.3. The topological polar surface area (TPSA) is 105 Å². The smallest absolute Gasteiger partial charge is 0.387 e. The lowest BCUT2D eigenvalue weighted by molar-refractivity contribution is -0.136. The number of fused-ring (bicyclic) bond motifs is 1. The molecular formula is C27H27F2N3O6. The molecule has 5 rings (SSSR count). The van der Waals surface area contributed by atoms with Crippen molar-refractivity contribution in [3.8, 4) is 11.5 Å². The van der Waals surface area contributed by atoms with Crippen LogP contribution in [0.25, 0.3) is 0 Å². The molecule has 2 saturated heterocycles. The molecule has 38 heavy (non-hydrogen) atoms. The van der Waals surface area contributed by atoms with Crippen LogP contribution in [0.1, 0.15) is 58.4 Å². The van der Waals surface area contributed by atoms with E-state index in [1.54, 1.807) is 29.2 Å². The van der Waals surface area contributed by atoms with Crippen LogP contribution < -0.4 is 14.8 Å². The van der Waals surface area contributed by atoms with Crippen molar-refractivity contribution < 1.29 is 37.4 Å². The van der Waals surface area contributed by atoms with Crippen LogP contribution in [-0.4, -0.2) is 65.3 Å². The van der Waals surface area contributed by atoms with E-state index in [0.717, 1.165) is 24.8 Å². The van der Waals surface area contributed by atoms with Gasteiger partial charge in [-0.1, -0.05) is 6.07 Å². The molecule has 3 aliphatic rings. The number of halogens is 2. The molecule has 4 amide bonds. The van der Waals surface area contributed by atoms with E-state index in [9.17, 15) is 28.0 Å². The van der Waals surface area contributed by atoms with Crippen molar-refractivity contribution in [2.24, 2.45) is 0 Å². The summed E-state index contributed by atoms with van der Waals surface area (Å²) >= 11 is 0. The number of likely N-dealkylation sites (tertiary alicyclic amines) is 1. The maximum atomic E-state index is 13.2. The third kappa shape index (κ3) is 5.32. The summed E-state index contributed by atoms with van der Waals surface area (Å²) in [5.74, 6) is -0.884. The van der Waals surface area contributed by atoms with Gasteiger partial charge in [-0.3, -0.25) is 24.5 Å². The molecular weight excluding hydrogens is 500 g/mol. The SMILES string of the molecule is O=C1CCC(N2Cc3cc(OCC4CCCCN4C(=O)c4cccc(OC(F)F)c4)ccc3C2=O)C(=O)N1. The molecule has 9 nitrogen and oxygen atoms in total. The standard InChI is InChI=1S/C27H27F2N3O6/c28-27(29)38-20-6-3-4-16(12-20)25(35)31-11-2-1-5-18(31)15-37-19-7-8-21-17(13-19)14-32(26(21)36)22-9-10-23(33)30-24(22)34/h3-4,6-8,12-13,18,22,27H,1-2,5,9-11,14-15H2,(H,30,33,34). The van der Waals surface area contributed by atoms with Gasteiger partial charge in [-0.15, -0.1) is 0 Å². The normalized spacial score (nSPS) is 21.4. The van der Waals surface area contributed by atoms with Crippen LogP contribution >= 0.6 is 0 Å². The number of hydrogen-bond acceptors (Lipinski definition) is 6. The molecule has 0 spiro atoms. The molecule has 2 aromatic carbocycles. The molecule has 2 fully saturated rings. The molecule has 3 heterocycles. The van der Waals surface area contributed by atoms with Crippen molar-refractivity contribution in [2.45, 2.75) is 57.3 Å². The number of benzene rings is 2. The van der Waals surface area contributed by atoms with E-state index in [1.165, 1.54) is 23.1 Å². The Morgan fingerprint density at radius 3 is 2.68 bits per heavy atom. The van der Waals surface area contributed by atoms with Crippen LogP contribution in [0.4, 0.5) is 8.78 Å². The van der Waals surface area contributed by atoms with E-state index in [-0.39, 0.29) is 61.1 Å². The molecule has 11 heteroatoms. The summed E-state index contributed by atoms with van der Waals surface area (Å²) in [4.78, 5) is 53.0. The number of carbonyl (C=O) groups is 4. The van der Waals surface area contributed by atoms with Gasteiger partial charge in [0.15, 0.2) is 0 Å². The summed E-state index contributed by atoms with van der Waals surface area (Å²) in [5, 5.41) is 2.29. The van der Waals surface area contributed by atoms with Gasteiger partial charge in [0.1, 0.15) is 24.1 Å². The quantitative estimate of drug-likeness (QED) is 0.555. The Kier molecular flexibility index (Phi) is 7.26. The van der Waals surface area contributed by atoms with Gasteiger partial charge in [0.25, 0.3) is 11.8 Å². The van der Waals surface area contributed by atoms with E-state index in [4.69, 9.17) is 4.74 Å². The van der Waals surface area contributed by atoms with Crippen LogP contribution in [0, 0.1) is 0 Å². The highest BCUT2D eigenvalue weighted by Crippen LogP contribution is 2.31. The highest BCUT2D eigenvalue weighted by molar-refractivity contribution is 6.05. The first-order chi connectivity index (χ1) is 18.3. The first-order valence-electron chi connectivity index (χ1n) is 12.6. The maximum absolute atomic E-state index is 13.2. The summed E-state index contributed by atoms with van der Waals surface area (Å²) in [7, 11) is 0. The Morgan fingerprint density at radius 2 is 1.89 bits per heavy atom.